The molecule has 7 heteroatoms. The molecule has 0 saturated carbocycles. The molecule has 122 valence electrons. The molecule has 0 heterocycles. The van der Waals surface area contributed by atoms with Gasteiger partial charge in [-0.3, -0.25) is 10.2 Å². The van der Waals surface area contributed by atoms with Crippen molar-refractivity contribution in [2.45, 2.75) is 0 Å². The molecule has 2 rings (SSSR count). The van der Waals surface area contributed by atoms with E-state index in [0.717, 1.165) is 11.5 Å². The van der Waals surface area contributed by atoms with Crippen LogP contribution in [0, 0.1) is 0 Å². The summed E-state index contributed by atoms with van der Waals surface area (Å²) >= 11 is 5.90. The van der Waals surface area contributed by atoms with Gasteiger partial charge >= 0.3 is 0 Å². The summed E-state index contributed by atoms with van der Waals surface area (Å²) in [5.41, 5.74) is 3.11. The molecule has 1 amide bonds. The Kier molecular flexibility index (Phi) is 6.08. The lowest BCUT2D eigenvalue weighted by Gasteiger charge is -2.12. The lowest BCUT2D eigenvalue weighted by molar-refractivity contribution is 0.0954. The van der Waals surface area contributed by atoms with E-state index in [1.807, 2.05) is 24.3 Å². The van der Waals surface area contributed by atoms with Crippen molar-refractivity contribution in [3.05, 3.63) is 53.1 Å². The molecule has 0 spiro atoms. The molecule has 0 saturated heterocycles. The Morgan fingerprint density at radius 1 is 1.17 bits per heavy atom. The normalized spacial score (nSPS) is 10.0. The largest absolute Gasteiger partial charge is 0.497 e. The van der Waals surface area contributed by atoms with Crippen LogP contribution in [-0.4, -0.2) is 26.2 Å². The molecule has 0 unspecified atom stereocenters. The summed E-state index contributed by atoms with van der Waals surface area (Å²) in [7, 11) is 1.61. The molecule has 0 fully saturated rings. The molecule has 0 aromatic heterocycles. The maximum Gasteiger partial charge on any atom is 0.267 e. The van der Waals surface area contributed by atoms with Gasteiger partial charge in [0.25, 0.3) is 5.91 Å². The number of hydrogen-bond donors (Lipinski definition) is 3. The Labute approximate surface area is 139 Å². The van der Waals surface area contributed by atoms with Crippen molar-refractivity contribution in [3.8, 4) is 11.5 Å². The Bertz CT molecular complexity index is 662. The van der Waals surface area contributed by atoms with Gasteiger partial charge in [-0.2, -0.15) is 0 Å². The highest BCUT2D eigenvalue weighted by Gasteiger charge is 2.10. The molecule has 0 aliphatic carbocycles. The van der Waals surface area contributed by atoms with E-state index in [0.29, 0.717) is 29.4 Å². The van der Waals surface area contributed by atoms with Crippen LogP contribution in [0.4, 0.5) is 5.69 Å². The third kappa shape index (κ3) is 4.77. The van der Waals surface area contributed by atoms with Gasteiger partial charge in [0.2, 0.25) is 0 Å². The average Bonchev–Trinajstić information content (AvgIpc) is 2.59. The Morgan fingerprint density at radius 2 is 1.87 bits per heavy atom. The number of hydrazine groups is 1. The Hall–Kier alpha value is -2.44. The highest BCUT2D eigenvalue weighted by molar-refractivity contribution is 6.31. The molecule has 0 atom stereocenters. The molecular weight excluding hydrogens is 318 g/mol. The van der Waals surface area contributed by atoms with E-state index in [-0.39, 0.29) is 0 Å². The number of carbonyl (C=O) groups excluding carboxylic acids is 1. The highest BCUT2D eigenvalue weighted by atomic mass is 35.5. The summed E-state index contributed by atoms with van der Waals surface area (Å²) in [6, 6.07) is 12.3. The maximum absolute atomic E-state index is 11.7. The lowest BCUT2D eigenvalue weighted by Crippen LogP contribution is -2.30. The van der Waals surface area contributed by atoms with E-state index >= 15 is 0 Å². The monoisotopic (exact) mass is 335 g/mol. The first kappa shape index (κ1) is 16.9. The minimum atomic E-state index is -0.411. The summed E-state index contributed by atoms with van der Waals surface area (Å²) in [5, 5.41) is 3.59. The number of nitrogen functional groups attached to an aromatic ring is 1. The standard InChI is InChI=1S/C16H18ClN3O3/c1-22-12-3-5-13(6-4-12)23-9-8-19-15-7-2-11(17)10-14(15)16(21)20-18/h2-7,10,19H,8-9,18H2,1H3,(H,20,21). The Balaban J connectivity index is 1.89. The highest BCUT2D eigenvalue weighted by Crippen LogP contribution is 2.21. The molecule has 2 aromatic carbocycles. The number of ether oxygens (including phenoxy) is 2. The van der Waals surface area contributed by atoms with Gasteiger partial charge in [0.1, 0.15) is 18.1 Å². The third-order valence-corrected chi connectivity index (χ3v) is 3.34. The minimum absolute atomic E-state index is 0.379. The fraction of sp³-hybridized carbons (Fsp3) is 0.188. The topological polar surface area (TPSA) is 85.6 Å². The van der Waals surface area contributed by atoms with Crippen molar-refractivity contribution in [2.75, 3.05) is 25.6 Å². The zero-order valence-corrected chi connectivity index (χ0v) is 13.4. The molecule has 0 aliphatic heterocycles. The van der Waals surface area contributed by atoms with Crippen molar-refractivity contribution in [2.24, 2.45) is 5.84 Å². The van der Waals surface area contributed by atoms with Crippen LogP contribution in [0.5, 0.6) is 11.5 Å². The van der Waals surface area contributed by atoms with Crippen LogP contribution < -0.4 is 26.1 Å². The maximum atomic E-state index is 11.7. The zero-order valence-electron chi connectivity index (χ0n) is 12.6. The summed E-state index contributed by atoms with van der Waals surface area (Å²) in [6.07, 6.45) is 0. The fourth-order valence-electron chi connectivity index (χ4n) is 1.96. The Morgan fingerprint density at radius 3 is 2.52 bits per heavy atom. The average molecular weight is 336 g/mol. The molecule has 23 heavy (non-hydrogen) atoms. The van der Waals surface area contributed by atoms with Crippen LogP contribution in [0.15, 0.2) is 42.5 Å². The van der Waals surface area contributed by atoms with Crippen molar-refractivity contribution in [1.82, 2.24) is 5.43 Å². The summed E-state index contributed by atoms with van der Waals surface area (Å²) in [4.78, 5) is 11.7. The number of anilines is 1. The number of amides is 1. The lowest BCUT2D eigenvalue weighted by atomic mass is 10.1. The summed E-state index contributed by atoms with van der Waals surface area (Å²) in [5.74, 6) is 6.27. The van der Waals surface area contributed by atoms with E-state index in [1.54, 1.807) is 25.3 Å². The second kappa shape index (κ2) is 8.26. The number of nitrogens with one attached hydrogen (secondary N) is 2. The van der Waals surface area contributed by atoms with Gasteiger partial charge < -0.3 is 14.8 Å². The number of hydrogen-bond acceptors (Lipinski definition) is 5. The van der Waals surface area contributed by atoms with Crippen LogP contribution in [0.1, 0.15) is 10.4 Å². The SMILES string of the molecule is COc1ccc(OCCNc2ccc(Cl)cc2C(=O)NN)cc1. The van der Waals surface area contributed by atoms with E-state index in [4.69, 9.17) is 26.9 Å². The van der Waals surface area contributed by atoms with Crippen molar-refractivity contribution < 1.29 is 14.3 Å². The number of rotatable bonds is 7. The second-order valence-electron chi connectivity index (χ2n) is 4.61. The number of halogens is 1. The molecule has 0 radical (unpaired) electrons. The van der Waals surface area contributed by atoms with E-state index < -0.39 is 5.91 Å². The van der Waals surface area contributed by atoms with Crippen molar-refractivity contribution in [1.29, 1.82) is 0 Å². The van der Waals surface area contributed by atoms with Crippen molar-refractivity contribution in [3.63, 3.8) is 0 Å². The molecular formula is C16H18ClN3O3. The number of methoxy groups -OCH3 is 1. The van der Waals surface area contributed by atoms with Crippen LogP contribution in [-0.2, 0) is 0 Å². The number of nitrogens with two attached hydrogens (primary N) is 1. The molecule has 4 N–H and O–H groups in total. The third-order valence-electron chi connectivity index (χ3n) is 3.10. The van der Waals surface area contributed by atoms with Crippen molar-refractivity contribution >= 4 is 23.2 Å². The van der Waals surface area contributed by atoms with Crippen LogP contribution >= 0.6 is 11.6 Å². The van der Waals surface area contributed by atoms with Crippen LogP contribution in [0.3, 0.4) is 0 Å². The smallest absolute Gasteiger partial charge is 0.267 e. The minimum Gasteiger partial charge on any atom is -0.497 e. The van der Waals surface area contributed by atoms with Gasteiger partial charge in [-0.1, -0.05) is 11.6 Å². The van der Waals surface area contributed by atoms with Gasteiger partial charge in [0.05, 0.1) is 12.7 Å². The van der Waals surface area contributed by atoms with Gasteiger partial charge in [-0.25, -0.2) is 5.84 Å². The predicted molar refractivity (Wildman–Crippen MR) is 90.1 cm³/mol. The first-order valence-electron chi connectivity index (χ1n) is 6.95. The molecule has 0 bridgehead atoms. The van der Waals surface area contributed by atoms with Gasteiger partial charge in [0, 0.05) is 17.3 Å². The first-order valence-corrected chi connectivity index (χ1v) is 7.33. The van der Waals surface area contributed by atoms with Gasteiger partial charge in [-0.15, -0.1) is 0 Å². The van der Waals surface area contributed by atoms with Gasteiger partial charge in [0.15, 0.2) is 0 Å². The van der Waals surface area contributed by atoms with E-state index in [2.05, 4.69) is 10.7 Å². The summed E-state index contributed by atoms with van der Waals surface area (Å²) < 4.78 is 10.7. The number of carbonyl (C=O) groups is 1. The van der Waals surface area contributed by atoms with E-state index in [1.165, 1.54) is 0 Å². The van der Waals surface area contributed by atoms with Crippen LogP contribution in [0.2, 0.25) is 5.02 Å². The quantitative estimate of drug-likeness (QED) is 0.313. The molecule has 6 nitrogen and oxygen atoms in total. The number of benzene rings is 2. The first-order chi connectivity index (χ1) is 11.1. The zero-order chi connectivity index (χ0) is 16.7. The molecule has 2 aromatic rings. The van der Waals surface area contributed by atoms with Gasteiger partial charge in [-0.05, 0) is 42.5 Å². The van der Waals surface area contributed by atoms with E-state index in [9.17, 15) is 4.79 Å². The fourth-order valence-corrected chi connectivity index (χ4v) is 2.13. The predicted octanol–water partition coefficient (Wildman–Crippen LogP) is 2.44. The van der Waals surface area contributed by atoms with Crippen LogP contribution in [0.25, 0.3) is 0 Å². The second-order valence-corrected chi connectivity index (χ2v) is 5.05. The molecule has 0 aliphatic rings. The summed E-state index contributed by atoms with van der Waals surface area (Å²) in [6.45, 7) is 0.942.